The zero-order valence-corrected chi connectivity index (χ0v) is 8.88. The van der Waals surface area contributed by atoms with Gasteiger partial charge in [0.25, 0.3) is 0 Å². The molecule has 0 fully saturated rings. The van der Waals surface area contributed by atoms with Gasteiger partial charge in [-0.05, 0) is 25.1 Å². The molecule has 0 aromatic heterocycles. The van der Waals surface area contributed by atoms with Gasteiger partial charge in [0, 0.05) is 11.6 Å². The number of methoxy groups -OCH3 is 1. The van der Waals surface area contributed by atoms with Crippen LogP contribution in [0.4, 0.5) is 4.39 Å². The monoisotopic (exact) mass is 207 g/mol. The second-order valence-corrected chi connectivity index (χ2v) is 3.19. The summed E-state index contributed by atoms with van der Waals surface area (Å²) in [6, 6.07) is 4.40. The molecule has 1 N–H and O–H groups in total. The summed E-state index contributed by atoms with van der Waals surface area (Å²) in [4.78, 5) is 0. The Balaban J connectivity index is 2.90. The van der Waals surface area contributed by atoms with Crippen molar-refractivity contribution in [3.8, 4) is 18.1 Å². The van der Waals surface area contributed by atoms with Crippen LogP contribution >= 0.6 is 0 Å². The zero-order chi connectivity index (χ0) is 11.3. The predicted octanol–water partition coefficient (Wildman–Crippen LogP) is 2.12. The van der Waals surface area contributed by atoms with Crippen molar-refractivity contribution in [2.75, 3.05) is 13.7 Å². The molecule has 0 bridgehead atoms. The third-order valence-electron chi connectivity index (χ3n) is 2.17. The number of hydrogen-bond donors (Lipinski definition) is 1. The fourth-order valence-corrected chi connectivity index (χ4v) is 1.37. The van der Waals surface area contributed by atoms with E-state index in [0.29, 0.717) is 12.3 Å². The topological polar surface area (TPSA) is 21.3 Å². The highest BCUT2D eigenvalue weighted by molar-refractivity contribution is 5.36. The van der Waals surface area contributed by atoms with Gasteiger partial charge in [0.05, 0.1) is 13.7 Å². The molecule has 0 aliphatic heterocycles. The van der Waals surface area contributed by atoms with Crippen LogP contribution in [-0.2, 0) is 0 Å². The molecule has 0 saturated heterocycles. The largest absolute Gasteiger partial charge is 0.496 e. The third kappa shape index (κ3) is 2.97. The van der Waals surface area contributed by atoms with Gasteiger partial charge in [0.15, 0.2) is 0 Å². The second kappa shape index (κ2) is 5.38. The summed E-state index contributed by atoms with van der Waals surface area (Å²) in [6.45, 7) is 2.36. The number of rotatable bonds is 4. The van der Waals surface area contributed by atoms with E-state index in [9.17, 15) is 4.39 Å². The first-order chi connectivity index (χ1) is 7.19. The molecule has 1 rings (SSSR count). The van der Waals surface area contributed by atoms with Crippen LogP contribution in [0.15, 0.2) is 18.2 Å². The van der Waals surface area contributed by atoms with E-state index in [1.54, 1.807) is 13.2 Å². The molecule has 1 aromatic carbocycles. The predicted molar refractivity (Wildman–Crippen MR) is 58.2 cm³/mol. The number of nitrogens with one attached hydrogen (secondary N) is 1. The smallest absolute Gasteiger partial charge is 0.123 e. The first-order valence-corrected chi connectivity index (χ1v) is 4.69. The molecule has 80 valence electrons. The molecule has 2 nitrogen and oxygen atoms in total. The van der Waals surface area contributed by atoms with E-state index >= 15 is 0 Å². The van der Waals surface area contributed by atoms with Gasteiger partial charge in [0.1, 0.15) is 11.6 Å². The lowest BCUT2D eigenvalue weighted by Gasteiger charge is -2.15. The fourth-order valence-electron chi connectivity index (χ4n) is 1.37. The van der Waals surface area contributed by atoms with Gasteiger partial charge in [-0.2, -0.15) is 0 Å². The van der Waals surface area contributed by atoms with Crippen LogP contribution in [0.3, 0.4) is 0 Å². The van der Waals surface area contributed by atoms with Gasteiger partial charge in [-0.25, -0.2) is 4.39 Å². The molecule has 0 aliphatic carbocycles. The zero-order valence-electron chi connectivity index (χ0n) is 8.88. The van der Waals surface area contributed by atoms with Crippen molar-refractivity contribution in [3.63, 3.8) is 0 Å². The number of halogens is 1. The quantitative estimate of drug-likeness (QED) is 0.763. The van der Waals surface area contributed by atoms with Crippen LogP contribution in [0.5, 0.6) is 5.75 Å². The highest BCUT2D eigenvalue weighted by atomic mass is 19.1. The fraction of sp³-hybridized carbons (Fsp3) is 0.333. The lowest BCUT2D eigenvalue weighted by Crippen LogP contribution is -2.19. The van der Waals surface area contributed by atoms with E-state index in [-0.39, 0.29) is 11.9 Å². The summed E-state index contributed by atoms with van der Waals surface area (Å²) in [6.07, 6.45) is 5.14. The van der Waals surface area contributed by atoms with E-state index < -0.39 is 0 Å². The molecule has 0 amide bonds. The normalized spacial score (nSPS) is 11.9. The minimum Gasteiger partial charge on any atom is -0.496 e. The molecular formula is C12H14FNO. The number of hydrogen-bond acceptors (Lipinski definition) is 2. The molecule has 0 saturated carbocycles. The second-order valence-electron chi connectivity index (χ2n) is 3.19. The maximum atomic E-state index is 13.0. The Kier molecular flexibility index (Phi) is 4.14. The van der Waals surface area contributed by atoms with E-state index in [0.717, 1.165) is 5.56 Å². The average Bonchev–Trinajstić information content (AvgIpc) is 2.25. The molecule has 0 heterocycles. The number of ether oxygens (including phenoxy) is 1. The van der Waals surface area contributed by atoms with Gasteiger partial charge in [-0.15, -0.1) is 6.42 Å². The molecule has 1 unspecified atom stereocenters. The molecule has 0 radical (unpaired) electrons. The average molecular weight is 207 g/mol. The lowest BCUT2D eigenvalue weighted by atomic mass is 10.1. The van der Waals surface area contributed by atoms with Crippen molar-refractivity contribution < 1.29 is 9.13 Å². The molecule has 1 aromatic rings. The first-order valence-electron chi connectivity index (χ1n) is 4.69. The van der Waals surface area contributed by atoms with Gasteiger partial charge in [-0.1, -0.05) is 5.92 Å². The lowest BCUT2D eigenvalue weighted by molar-refractivity contribution is 0.401. The third-order valence-corrected chi connectivity index (χ3v) is 2.17. The Morgan fingerprint density at radius 1 is 1.60 bits per heavy atom. The van der Waals surface area contributed by atoms with E-state index in [4.69, 9.17) is 11.2 Å². The standard InChI is InChI=1S/C12H14FNO/c1-4-7-14-9(2)11-8-10(13)5-6-12(11)15-3/h1,5-6,8-9,14H,7H2,2-3H3. The van der Waals surface area contributed by atoms with Crippen molar-refractivity contribution in [3.05, 3.63) is 29.6 Å². The summed E-state index contributed by atoms with van der Waals surface area (Å²) in [5.41, 5.74) is 0.771. The minimum atomic E-state index is -0.278. The van der Waals surface area contributed by atoms with E-state index in [1.807, 2.05) is 6.92 Å². The molecule has 3 heteroatoms. The van der Waals surface area contributed by atoms with Gasteiger partial charge < -0.3 is 4.74 Å². The minimum absolute atomic E-state index is 0.0355. The maximum absolute atomic E-state index is 13.0. The first kappa shape index (κ1) is 11.5. The van der Waals surface area contributed by atoms with Gasteiger partial charge >= 0.3 is 0 Å². The Hall–Kier alpha value is -1.53. The van der Waals surface area contributed by atoms with Gasteiger partial charge in [-0.3, -0.25) is 5.32 Å². The van der Waals surface area contributed by atoms with Crippen molar-refractivity contribution in [2.45, 2.75) is 13.0 Å². The molecule has 1 atom stereocenters. The Morgan fingerprint density at radius 3 is 2.93 bits per heavy atom. The highest BCUT2D eigenvalue weighted by Crippen LogP contribution is 2.25. The van der Waals surface area contributed by atoms with Crippen molar-refractivity contribution in [1.82, 2.24) is 5.32 Å². The van der Waals surface area contributed by atoms with Crippen molar-refractivity contribution in [2.24, 2.45) is 0 Å². The van der Waals surface area contributed by atoms with Crippen LogP contribution < -0.4 is 10.1 Å². The molecule has 0 spiro atoms. The van der Waals surface area contributed by atoms with Crippen molar-refractivity contribution >= 4 is 0 Å². The Bertz CT molecular complexity index is 370. The summed E-state index contributed by atoms with van der Waals surface area (Å²) < 4.78 is 18.2. The van der Waals surface area contributed by atoms with E-state index in [2.05, 4.69) is 11.2 Å². The van der Waals surface area contributed by atoms with Crippen LogP contribution in [0.1, 0.15) is 18.5 Å². The summed E-state index contributed by atoms with van der Waals surface area (Å²) >= 11 is 0. The molecule has 15 heavy (non-hydrogen) atoms. The maximum Gasteiger partial charge on any atom is 0.123 e. The van der Waals surface area contributed by atoms with Crippen LogP contribution in [0, 0.1) is 18.2 Å². The van der Waals surface area contributed by atoms with Crippen molar-refractivity contribution in [1.29, 1.82) is 0 Å². The highest BCUT2D eigenvalue weighted by Gasteiger charge is 2.11. The van der Waals surface area contributed by atoms with Crippen LogP contribution in [0.25, 0.3) is 0 Å². The number of benzene rings is 1. The van der Waals surface area contributed by atoms with Crippen LogP contribution in [-0.4, -0.2) is 13.7 Å². The summed E-state index contributed by atoms with van der Waals surface area (Å²) in [5, 5.41) is 3.07. The summed E-state index contributed by atoms with van der Waals surface area (Å²) in [7, 11) is 1.56. The van der Waals surface area contributed by atoms with E-state index in [1.165, 1.54) is 12.1 Å². The van der Waals surface area contributed by atoms with Gasteiger partial charge in [0.2, 0.25) is 0 Å². The Morgan fingerprint density at radius 2 is 2.33 bits per heavy atom. The Labute approximate surface area is 89.4 Å². The number of terminal acetylenes is 1. The summed E-state index contributed by atoms with van der Waals surface area (Å²) in [5.74, 6) is 2.86. The molecular weight excluding hydrogens is 193 g/mol. The SMILES string of the molecule is C#CCNC(C)c1cc(F)ccc1OC. The molecule has 0 aliphatic rings. The van der Waals surface area contributed by atoms with Crippen LogP contribution in [0.2, 0.25) is 0 Å².